The minimum Gasteiger partial charge on any atom is -0.403 e. The number of hydrogen-bond acceptors (Lipinski definition) is 10. The van der Waals surface area contributed by atoms with Crippen LogP contribution in [0, 0.1) is 18.5 Å². The maximum absolute atomic E-state index is 15.4. The number of phosphoric ester groups is 1. The topological polar surface area (TPSA) is 149 Å². The molecule has 0 amide bonds. The second-order valence-corrected chi connectivity index (χ2v) is 9.76. The highest BCUT2D eigenvalue weighted by Crippen LogP contribution is 2.56. The first-order chi connectivity index (χ1) is 15.5. The molecule has 33 heavy (non-hydrogen) atoms. The van der Waals surface area contributed by atoms with Crippen LogP contribution >= 0.6 is 20.0 Å². The molecule has 1 aromatic heterocycles. The van der Waals surface area contributed by atoms with Crippen LogP contribution in [-0.2, 0) is 25.0 Å². The van der Waals surface area contributed by atoms with E-state index in [2.05, 4.69) is 4.98 Å². The van der Waals surface area contributed by atoms with Crippen molar-refractivity contribution in [1.29, 1.82) is 0 Å². The minimum atomic E-state index is -4.30. The molecule has 3 N–H and O–H groups in total. The highest BCUT2D eigenvalue weighted by molar-refractivity contribution is 7.71. The lowest BCUT2D eigenvalue weighted by molar-refractivity contribution is -0.205. The molecule has 1 saturated heterocycles. The number of nitrogens with one attached hydrogen (secondary N) is 1. The van der Waals surface area contributed by atoms with Gasteiger partial charge in [0.05, 0.1) is 12.2 Å². The molecule has 0 radical (unpaired) electrons. The number of fused-ring (bicyclic) bond motifs is 1. The highest BCUT2D eigenvalue weighted by atomic mass is 32.1. The lowest BCUT2D eigenvalue weighted by Gasteiger charge is -2.29. The van der Waals surface area contributed by atoms with Crippen LogP contribution in [0.1, 0.15) is 33.3 Å². The molecule has 178 valence electrons. The fraction of sp³-hybridized carbons (Fsp3) is 0.421. The van der Waals surface area contributed by atoms with Crippen LogP contribution in [0.25, 0.3) is 0 Å². The molecule has 0 aliphatic carbocycles. The summed E-state index contributed by atoms with van der Waals surface area (Å²) in [6.07, 6.45) is -4.58. The molecule has 0 bridgehead atoms. The van der Waals surface area contributed by atoms with Gasteiger partial charge in [-0.3, -0.25) is 23.4 Å². The Morgan fingerprint density at radius 3 is 2.85 bits per heavy atom. The zero-order valence-corrected chi connectivity index (χ0v) is 19.1. The van der Waals surface area contributed by atoms with E-state index in [9.17, 15) is 24.4 Å². The van der Waals surface area contributed by atoms with Gasteiger partial charge in [0, 0.05) is 11.8 Å². The van der Waals surface area contributed by atoms with Gasteiger partial charge < -0.3 is 19.5 Å². The van der Waals surface area contributed by atoms with Gasteiger partial charge in [-0.25, -0.2) is 13.8 Å². The summed E-state index contributed by atoms with van der Waals surface area (Å²) in [6.45, 7) is 2.34. The number of carbonyl (C=O) groups is 1. The smallest absolute Gasteiger partial charge is 0.403 e. The number of H-pyrrole nitrogens is 1. The van der Waals surface area contributed by atoms with Crippen molar-refractivity contribution in [3.05, 3.63) is 55.7 Å². The van der Waals surface area contributed by atoms with Gasteiger partial charge in [-0.05, 0) is 19.4 Å². The van der Waals surface area contributed by atoms with Crippen LogP contribution < -0.4 is 10.2 Å². The standard InChI is InChI=1S/C19H20FN2O9PS/c1-9-3-10(2)14-11(4-9)7-28-32(27,31-14)29-8-19(20)15(25)13(24)17(30-19)22-5-12(6-23)16(33)21-18(22)26/h3-6,13,15,17,24-25H,7-8H2,1-2H3,(H,21,26,33)/t13-,15+,17-,19-,32?/m1/s1. The number of aliphatic hydroxyl groups is 2. The van der Waals surface area contributed by atoms with E-state index in [4.69, 9.17) is 30.5 Å². The molecule has 11 nitrogen and oxygen atoms in total. The number of halogens is 1. The van der Waals surface area contributed by atoms with Gasteiger partial charge in [-0.1, -0.05) is 29.9 Å². The number of alkyl halides is 1. The fourth-order valence-corrected chi connectivity index (χ4v) is 5.15. The summed E-state index contributed by atoms with van der Waals surface area (Å²) in [5.74, 6) is -2.81. The third-order valence-corrected chi connectivity index (χ3v) is 6.90. The molecule has 2 aliphatic heterocycles. The Hall–Kier alpha value is -2.25. The lowest BCUT2D eigenvalue weighted by atomic mass is 10.1. The number of hydrogen-bond donors (Lipinski definition) is 3. The Labute approximate surface area is 191 Å². The number of aromatic nitrogens is 2. The molecule has 0 saturated carbocycles. The Kier molecular flexibility index (Phi) is 6.16. The van der Waals surface area contributed by atoms with E-state index in [1.165, 1.54) is 0 Å². The molecule has 3 heterocycles. The number of nitrogens with zero attached hydrogens (tertiary/aromatic N) is 1. The van der Waals surface area contributed by atoms with Crippen molar-refractivity contribution < 1.29 is 42.3 Å². The molecule has 1 unspecified atom stereocenters. The van der Waals surface area contributed by atoms with Crippen molar-refractivity contribution in [3.8, 4) is 5.75 Å². The van der Waals surface area contributed by atoms with Gasteiger partial charge >= 0.3 is 13.5 Å². The summed E-state index contributed by atoms with van der Waals surface area (Å²) >= 11 is 4.84. The molecule has 5 atom stereocenters. The first-order valence-electron chi connectivity index (χ1n) is 9.69. The second-order valence-electron chi connectivity index (χ2n) is 7.75. The van der Waals surface area contributed by atoms with Crippen LogP contribution in [-0.4, -0.2) is 50.7 Å². The summed E-state index contributed by atoms with van der Waals surface area (Å²) in [6, 6.07) is 3.58. The molecule has 1 aromatic carbocycles. The average Bonchev–Trinajstić information content (AvgIpc) is 2.98. The van der Waals surface area contributed by atoms with Crippen molar-refractivity contribution in [2.45, 2.75) is 44.7 Å². The van der Waals surface area contributed by atoms with Crippen LogP contribution in [0.2, 0.25) is 0 Å². The first-order valence-corrected chi connectivity index (χ1v) is 11.6. The Balaban J connectivity index is 1.54. The maximum atomic E-state index is 15.4. The molecule has 0 spiro atoms. The zero-order chi connectivity index (χ0) is 24.1. The number of aryl methyl sites for hydroxylation is 2. The van der Waals surface area contributed by atoms with Gasteiger partial charge in [-0.15, -0.1) is 0 Å². The van der Waals surface area contributed by atoms with Crippen LogP contribution in [0.4, 0.5) is 4.39 Å². The van der Waals surface area contributed by atoms with Crippen molar-refractivity contribution in [2.75, 3.05) is 6.61 Å². The Morgan fingerprint density at radius 1 is 1.42 bits per heavy atom. The minimum absolute atomic E-state index is 0.115. The monoisotopic (exact) mass is 502 g/mol. The second kappa shape index (κ2) is 8.51. The predicted molar refractivity (Wildman–Crippen MR) is 112 cm³/mol. The molecule has 2 aromatic rings. The third-order valence-electron chi connectivity index (χ3n) is 5.27. The van der Waals surface area contributed by atoms with Gasteiger partial charge in [0.2, 0.25) is 0 Å². The zero-order valence-electron chi connectivity index (χ0n) is 17.4. The van der Waals surface area contributed by atoms with E-state index in [1.54, 1.807) is 19.1 Å². The van der Waals surface area contributed by atoms with Crippen molar-refractivity contribution in [2.24, 2.45) is 0 Å². The number of phosphoric acid groups is 1. The van der Waals surface area contributed by atoms with Crippen molar-refractivity contribution in [1.82, 2.24) is 9.55 Å². The van der Waals surface area contributed by atoms with Crippen LogP contribution in [0.15, 0.2) is 23.1 Å². The van der Waals surface area contributed by atoms with Gasteiger partial charge in [0.25, 0.3) is 5.85 Å². The largest absolute Gasteiger partial charge is 0.530 e. The molecule has 1 fully saturated rings. The average molecular weight is 502 g/mol. The first kappa shape index (κ1) is 23.9. The summed E-state index contributed by atoms with van der Waals surface area (Å²) < 4.78 is 49.6. The van der Waals surface area contributed by atoms with E-state index >= 15 is 4.39 Å². The van der Waals surface area contributed by atoms with E-state index in [0.717, 1.165) is 11.8 Å². The van der Waals surface area contributed by atoms with Gasteiger partial charge in [0.1, 0.15) is 29.2 Å². The summed E-state index contributed by atoms with van der Waals surface area (Å²) in [4.78, 5) is 25.5. The van der Waals surface area contributed by atoms with E-state index in [1.807, 2.05) is 6.92 Å². The van der Waals surface area contributed by atoms with Crippen molar-refractivity contribution >= 4 is 26.3 Å². The number of aliphatic hydroxyl groups excluding tert-OH is 2. The molecular weight excluding hydrogens is 482 g/mol. The maximum Gasteiger partial charge on any atom is 0.530 e. The van der Waals surface area contributed by atoms with E-state index in [0.29, 0.717) is 22.0 Å². The quantitative estimate of drug-likeness (QED) is 0.315. The Bertz CT molecular complexity index is 1280. The van der Waals surface area contributed by atoms with Gasteiger partial charge in [-0.2, -0.15) is 0 Å². The Morgan fingerprint density at radius 2 is 2.15 bits per heavy atom. The number of rotatable bonds is 5. The van der Waals surface area contributed by atoms with Gasteiger partial charge in [0.15, 0.2) is 12.5 Å². The molecule has 14 heteroatoms. The van der Waals surface area contributed by atoms with Crippen LogP contribution in [0.5, 0.6) is 5.75 Å². The number of carbonyl (C=O) groups excluding carboxylic acids is 1. The SMILES string of the molecule is Cc1cc(C)c2c(c1)COP(=O)(OC[C@@]1(F)O[C@@H](n3cc(C=O)c(=S)[nH]c3=O)[C@H](O)[C@@H]1O)O2. The number of aldehydes is 1. The van der Waals surface area contributed by atoms with E-state index < -0.39 is 44.4 Å². The van der Waals surface area contributed by atoms with E-state index in [-0.39, 0.29) is 22.6 Å². The molecule has 4 rings (SSSR count). The highest BCUT2D eigenvalue weighted by Gasteiger charge is 2.57. The summed E-state index contributed by atoms with van der Waals surface area (Å²) in [5.41, 5.74) is 1.21. The number of benzene rings is 1. The summed E-state index contributed by atoms with van der Waals surface area (Å²) in [5, 5.41) is 20.6. The summed E-state index contributed by atoms with van der Waals surface area (Å²) in [7, 11) is -4.30. The molecular formula is C19H20FN2O9PS. The lowest BCUT2D eigenvalue weighted by Crippen LogP contribution is -2.43. The van der Waals surface area contributed by atoms with Crippen LogP contribution in [0.3, 0.4) is 0 Å². The number of ether oxygens (including phenoxy) is 1. The third kappa shape index (κ3) is 4.33. The molecule has 2 aliphatic rings. The number of aromatic amines is 1. The fourth-order valence-electron chi connectivity index (χ4n) is 3.66. The predicted octanol–water partition coefficient (Wildman–Crippen LogP) is 1.99. The van der Waals surface area contributed by atoms with Crippen molar-refractivity contribution in [3.63, 3.8) is 0 Å². The normalized spacial score (nSPS) is 31.1.